The molecule has 2 fully saturated rings. The molecule has 13 heteroatoms. The first-order valence-electron chi connectivity index (χ1n) is 24.4. The lowest BCUT2D eigenvalue weighted by atomic mass is 9.55. The number of aliphatic hydroxyl groups is 2. The monoisotopic (exact) mass is 928 g/mol. The number of allylic oxidation sites excluding steroid dienone is 1. The van der Waals surface area contributed by atoms with Crippen LogP contribution in [-0.4, -0.2) is 84.9 Å². The van der Waals surface area contributed by atoms with Crippen molar-refractivity contribution in [3.05, 3.63) is 127 Å². The smallest absolute Gasteiger partial charge is 0.410 e. The quantitative estimate of drug-likeness (QED) is 0.0467. The molecule has 2 N–H and O–H groups in total. The summed E-state index contributed by atoms with van der Waals surface area (Å²) in [6.07, 6.45) is 12.5. The van der Waals surface area contributed by atoms with E-state index in [0.717, 1.165) is 66.0 Å². The summed E-state index contributed by atoms with van der Waals surface area (Å²) in [5.74, 6) is 0.961. The number of aliphatic hydroxyl groups excluding tert-OH is 2. The highest BCUT2D eigenvalue weighted by molar-refractivity contribution is 6.03. The standard InChI is InChI=1S/C55H64N2O11/c1-3-5-28-62-54(60)57(35-37-19-23-48-49(30-37)64-36-63-48)50-34-46(56-68-51-18-10-13-29-61-51)44-32-40(16-8-11-25-58)43(17-9-12-26-59)52-45-33-42(66-41-21-20-38-14-6-7-15-39(38)31-41)22-24-47(45)67-55(50,53(44)52)65-27-4-2/h3-4,6-7,14-15,19-24,30-33,40,43,50-53,58-59H,1-2,5,8-13,16-18,25-29,34-36H2/t40-,43+,50-,51?,52+,53+,55+/m0/s1. The molecule has 4 aromatic carbocycles. The van der Waals surface area contributed by atoms with Crippen LogP contribution in [0.15, 0.2) is 121 Å². The van der Waals surface area contributed by atoms with Crippen LogP contribution in [0.4, 0.5) is 4.79 Å². The van der Waals surface area contributed by atoms with Gasteiger partial charge in [-0.15, -0.1) is 13.2 Å². The lowest BCUT2D eigenvalue weighted by Gasteiger charge is -2.59. The fourth-order valence-electron chi connectivity index (χ4n) is 10.8. The molecule has 4 aromatic rings. The van der Waals surface area contributed by atoms with Crippen LogP contribution in [0.5, 0.6) is 28.7 Å². The zero-order valence-electron chi connectivity index (χ0n) is 38.8. The molecule has 13 nitrogen and oxygen atoms in total. The van der Waals surface area contributed by atoms with Gasteiger partial charge in [0.15, 0.2) is 11.5 Å². The molecule has 3 aliphatic heterocycles. The second-order valence-corrected chi connectivity index (χ2v) is 18.3. The minimum atomic E-state index is -1.50. The van der Waals surface area contributed by atoms with Gasteiger partial charge in [0.1, 0.15) is 23.3 Å². The SMILES string of the molecule is C=CCCOC(=O)N(Cc1ccc2c(c1)OCO2)[C@H]1CC(=NOC2CCCCO2)C2=C[C@H](CCCCO)[C@@H](CCCCO)[C@@H]3c4cc(Oc5ccc6ccccc6c5)ccc4O[C@@]1(OCC=C)[C@H]23. The van der Waals surface area contributed by atoms with Crippen LogP contribution in [0.25, 0.3) is 10.8 Å². The Morgan fingerprint density at radius 2 is 1.66 bits per heavy atom. The van der Waals surface area contributed by atoms with Crippen molar-refractivity contribution in [1.82, 2.24) is 4.90 Å². The Hall–Kier alpha value is -5.86. The van der Waals surface area contributed by atoms with Crippen LogP contribution in [0.1, 0.15) is 87.7 Å². The van der Waals surface area contributed by atoms with Crippen molar-refractivity contribution < 1.29 is 53.0 Å². The predicted octanol–water partition coefficient (Wildman–Crippen LogP) is 10.7. The van der Waals surface area contributed by atoms with E-state index < -0.39 is 30.1 Å². The average Bonchev–Trinajstić information content (AvgIpc) is 3.84. The summed E-state index contributed by atoms with van der Waals surface area (Å²) < 4.78 is 44.9. The summed E-state index contributed by atoms with van der Waals surface area (Å²) >= 11 is 0. The Labute approximate surface area is 398 Å². The number of hydrogen-bond donors (Lipinski definition) is 2. The summed E-state index contributed by atoms with van der Waals surface area (Å²) in [4.78, 5) is 23.0. The molecule has 3 heterocycles. The van der Waals surface area contributed by atoms with Gasteiger partial charge in [0.25, 0.3) is 0 Å². The van der Waals surface area contributed by atoms with Crippen LogP contribution >= 0.6 is 0 Å². The van der Waals surface area contributed by atoms with Crippen molar-refractivity contribution in [1.29, 1.82) is 0 Å². The minimum Gasteiger partial charge on any atom is -0.459 e. The molecule has 0 aromatic heterocycles. The first-order valence-corrected chi connectivity index (χ1v) is 24.4. The third-order valence-corrected chi connectivity index (χ3v) is 14.0. The maximum absolute atomic E-state index is 14.9. The number of fused-ring (bicyclic) bond motifs is 4. The number of rotatable bonds is 21. The Balaban J connectivity index is 1.23. The Bertz CT molecular complexity index is 2470. The summed E-state index contributed by atoms with van der Waals surface area (Å²) in [6.45, 7) is 9.16. The fraction of sp³-hybridized carbons (Fsp3) is 0.455. The number of ether oxygens (including phenoxy) is 7. The minimum absolute atomic E-state index is 0.0173. The average molecular weight is 929 g/mol. The van der Waals surface area contributed by atoms with Crippen molar-refractivity contribution >= 4 is 22.6 Å². The molecule has 0 bridgehead atoms. The van der Waals surface area contributed by atoms with Crippen molar-refractivity contribution in [2.75, 3.05) is 39.8 Å². The summed E-state index contributed by atoms with van der Waals surface area (Å²) in [6, 6.07) is 25.1. The van der Waals surface area contributed by atoms with Gasteiger partial charge in [-0.3, -0.25) is 4.90 Å². The van der Waals surface area contributed by atoms with E-state index >= 15 is 0 Å². The highest BCUT2D eigenvalue weighted by atomic mass is 16.8. The van der Waals surface area contributed by atoms with E-state index in [2.05, 4.69) is 43.5 Å². The van der Waals surface area contributed by atoms with Gasteiger partial charge in [-0.2, -0.15) is 0 Å². The van der Waals surface area contributed by atoms with Crippen molar-refractivity contribution in [2.45, 2.75) is 101 Å². The number of carbonyl (C=O) groups excluding carboxylic acids is 1. The van der Waals surface area contributed by atoms with Gasteiger partial charge in [0.05, 0.1) is 31.5 Å². The molecule has 1 saturated carbocycles. The van der Waals surface area contributed by atoms with Crippen LogP contribution in [0.3, 0.4) is 0 Å². The van der Waals surface area contributed by atoms with E-state index in [9.17, 15) is 15.0 Å². The van der Waals surface area contributed by atoms with Gasteiger partial charge >= 0.3 is 6.09 Å². The molecule has 2 aliphatic carbocycles. The molecule has 0 spiro atoms. The molecule has 360 valence electrons. The number of nitrogens with zero attached hydrogens (tertiary/aromatic N) is 2. The number of hydrogen-bond acceptors (Lipinski definition) is 12. The molecule has 5 aliphatic rings. The lowest BCUT2D eigenvalue weighted by Crippen LogP contribution is -2.70. The highest BCUT2D eigenvalue weighted by Gasteiger charge is 2.66. The number of benzene rings is 4. The van der Waals surface area contributed by atoms with Crippen LogP contribution in [0.2, 0.25) is 0 Å². The van der Waals surface area contributed by atoms with E-state index in [1.807, 2.05) is 54.6 Å². The highest BCUT2D eigenvalue weighted by Crippen LogP contribution is 2.62. The van der Waals surface area contributed by atoms with Crippen LogP contribution in [-0.2, 0) is 25.6 Å². The largest absolute Gasteiger partial charge is 0.459 e. The van der Waals surface area contributed by atoms with Gasteiger partial charge in [-0.05, 0) is 121 Å². The van der Waals surface area contributed by atoms with Gasteiger partial charge < -0.3 is 48.2 Å². The number of unbranched alkanes of at least 4 members (excludes halogenated alkanes) is 2. The van der Waals surface area contributed by atoms with Crippen molar-refractivity contribution in [3.63, 3.8) is 0 Å². The van der Waals surface area contributed by atoms with E-state index in [-0.39, 0.29) is 63.9 Å². The normalized spacial score (nSPS) is 25.1. The first-order chi connectivity index (χ1) is 33.4. The molecule has 9 rings (SSSR count). The molecule has 1 amide bonds. The molecule has 1 unspecified atom stereocenters. The molecule has 1 saturated heterocycles. The second-order valence-electron chi connectivity index (χ2n) is 18.3. The first kappa shape index (κ1) is 47.2. The zero-order valence-corrected chi connectivity index (χ0v) is 38.8. The summed E-state index contributed by atoms with van der Waals surface area (Å²) in [7, 11) is 0. The van der Waals surface area contributed by atoms with Crippen LogP contribution < -0.4 is 18.9 Å². The van der Waals surface area contributed by atoms with E-state index in [1.54, 1.807) is 17.1 Å². The molecule has 0 radical (unpaired) electrons. The van der Waals surface area contributed by atoms with Gasteiger partial charge in [0, 0.05) is 44.1 Å². The summed E-state index contributed by atoms with van der Waals surface area (Å²) in [5, 5.41) is 27.3. The Kier molecular flexibility index (Phi) is 15.3. The molecule has 7 atom stereocenters. The number of oxime groups is 1. The van der Waals surface area contributed by atoms with Gasteiger partial charge in [-0.25, -0.2) is 4.79 Å². The molecule has 68 heavy (non-hydrogen) atoms. The topological polar surface area (TPSA) is 147 Å². The third kappa shape index (κ3) is 10.1. The Morgan fingerprint density at radius 1 is 0.868 bits per heavy atom. The number of carbonyl (C=O) groups is 1. The van der Waals surface area contributed by atoms with E-state index in [4.69, 9.17) is 43.2 Å². The van der Waals surface area contributed by atoms with Crippen molar-refractivity contribution in [2.24, 2.45) is 22.9 Å². The lowest BCUT2D eigenvalue weighted by molar-refractivity contribution is -0.256. The maximum Gasteiger partial charge on any atom is 0.410 e. The zero-order chi connectivity index (χ0) is 46.9. The Morgan fingerprint density at radius 3 is 2.47 bits per heavy atom. The fourth-order valence-corrected chi connectivity index (χ4v) is 10.8. The van der Waals surface area contributed by atoms with E-state index in [1.165, 1.54) is 0 Å². The van der Waals surface area contributed by atoms with E-state index in [0.29, 0.717) is 66.7 Å². The second kappa shape index (κ2) is 22.1. The van der Waals surface area contributed by atoms with Crippen molar-refractivity contribution in [3.8, 4) is 28.7 Å². The molecular weight excluding hydrogens is 865 g/mol. The third-order valence-electron chi connectivity index (χ3n) is 14.0. The summed E-state index contributed by atoms with van der Waals surface area (Å²) in [5.41, 5.74) is 3.33. The predicted molar refractivity (Wildman–Crippen MR) is 258 cm³/mol. The van der Waals surface area contributed by atoms with Crippen LogP contribution in [0, 0.1) is 17.8 Å². The number of amides is 1. The van der Waals surface area contributed by atoms with Gasteiger partial charge in [0.2, 0.25) is 18.9 Å². The molecular formula is C55H64N2O11. The van der Waals surface area contributed by atoms with Gasteiger partial charge in [-0.1, -0.05) is 72.6 Å². The maximum atomic E-state index is 14.9.